The zero-order valence-corrected chi connectivity index (χ0v) is 9.15. The summed E-state index contributed by atoms with van der Waals surface area (Å²) >= 11 is 0. The number of H-pyrrole nitrogens is 2. The molecule has 0 spiro atoms. The van der Waals surface area contributed by atoms with Gasteiger partial charge >= 0.3 is 11.7 Å². The molecule has 2 rings (SSSR count). The second-order valence-electron chi connectivity index (χ2n) is 3.86. The number of aromatic amines is 2. The van der Waals surface area contributed by atoms with E-state index in [0.29, 0.717) is 11.0 Å². The van der Waals surface area contributed by atoms with Gasteiger partial charge in [0.15, 0.2) is 5.60 Å². The van der Waals surface area contributed by atoms with Crippen LogP contribution in [0.3, 0.4) is 0 Å². The van der Waals surface area contributed by atoms with Gasteiger partial charge in [0.05, 0.1) is 11.0 Å². The SMILES string of the molecule is CCC(O)(C(=O)O)c1ccc2[nH]c(=O)[nH]c2c1. The van der Waals surface area contributed by atoms with Gasteiger partial charge in [-0.1, -0.05) is 13.0 Å². The quantitative estimate of drug-likeness (QED) is 0.624. The van der Waals surface area contributed by atoms with Crippen LogP contribution in [0.5, 0.6) is 0 Å². The van der Waals surface area contributed by atoms with Crippen molar-refractivity contribution in [2.24, 2.45) is 0 Å². The van der Waals surface area contributed by atoms with Gasteiger partial charge in [0.25, 0.3) is 0 Å². The van der Waals surface area contributed by atoms with Crippen molar-refractivity contribution >= 4 is 17.0 Å². The van der Waals surface area contributed by atoms with E-state index in [9.17, 15) is 14.7 Å². The Morgan fingerprint density at radius 2 is 2.00 bits per heavy atom. The lowest BCUT2D eigenvalue weighted by atomic mass is 9.91. The minimum absolute atomic E-state index is 0.0441. The Labute approximate surface area is 95.9 Å². The third-order valence-corrected chi connectivity index (χ3v) is 2.86. The molecular formula is C11H12N2O4. The Balaban J connectivity index is 2.62. The first-order valence-electron chi connectivity index (χ1n) is 5.15. The summed E-state index contributed by atoms with van der Waals surface area (Å²) in [5, 5.41) is 19.1. The van der Waals surface area contributed by atoms with E-state index in [-0.39, 0.29) is 17.7 Å². The molecule has 0 aliphatic heterocycles. The number of rotatable bonds is 3. The molecule has 0 saturated carbocycles. The van der Waals surface area contributed by atoms with Crippen LogP contribution >= 0.6 is 0 Å². The number of benzene rings is 1. The summed E-state index contributed by atoms with van der Waals surface area (Å²) in [6.07, 6.45) is 0.0441. The average Bonchev–Trinajstić information content (AvgIpc) is 2.66. The van der Waals surface area contributed by atoms with Crippen molar-refractivity contribution < 1.29 is 15.0 Å². The van der Waals surface area contributed by atoms with Crippen molar-refractivity contribution in [1.82, 2.24) is 9.97 Å². The Morgan fingerprint density at radius 3 is 2.59 bits per heavy atom. The summed E-state index contributed by atoms with van der Waals surface area (Å²) < 4.78 is 0. The number of aromatic nitrogens is 2. The normalized spacial score (nSPS) is 14.7. The molecule has 1 atom stereocenters. The molecule has 0 amide bonds. The maximum atomic E-state index is 11.1. The van der Waals surface area contributed by atoms with E-state index in [1.165, 1.54) is 12.1 Å². The van der Waals surface area contributed by atoms with E-state index in [1.54, 1.807) is 13.0 Å². The molecule has 6 nitrogen and oxygen atoms in total. The van der Waals surface area contributed by atoms with Crippen LogP contribution in [-0.4, -0.2) is 26.2 Å². The predicted molar refractivity (Wildman–Crippen MR) is 60.7 cm³/mol. The lowest BCUT2D eigenvalue weighted by Gasteiger charge is -2.21. The summed E-state index contributed by atoms with van der Waals surface area (Å²) in [5.74, 6) is -1.31. The zero-order chi connectivity index (χ0) is 12.6. The van der Waals surface area contributed by atoms with E-state index in [0.717, 1.165) is 0 Å². The molecule has 1 aromatic heterocycles. The highest BCUT2D eigenvalue weighted by Gasteiger charge is 2.36. The minimum atomic E-state index is -1.93. The molecule has 90 valence electrons. The number of aliphatic hydroxyl groups is 1. The molecule has 0 bridgehead atoms. The van der Waals surface area contributed by atoms with Crippen LogP contribution in [0, 0.1) is 0 Å². The molecule has 1 unspecified atom stereocenters. The molecule has 17 heavy (non-hydrogen) atoms. The maximum absolute atomic E-state index is 11.1. The van der Waals surface area contributed by atoms with Crippen LogP contribution in [0.25, 0.3) is 11.0 Å². The van der Waals surface area contributed by atoms with E-state index in [4.69, 9.17) is 5.11 Å². The Kier molecular flexibility index (Phi) is 2.51. The van der Waals surface area contributed by atoms with Crippen LogP contribution in [0.4, 0.5) is 0 Å². The fraction of sp³-hybridized carbons (Fsp3) is 0.273. The average molecular weight is 236 g/mol. The minimum Gasteiger partial charge on any atom is -0.479 e. The lowest BCUT2D eigenvalue weighted by Crippen LogP contribution is -2.34. The van der Waals surface area contributed by atoms with E-state index < -0.39 is 11.6 Å². The van der Waals surface area contributed by atoms with Crippen molar-refractivity contribution in [3.05, 3.63) is 34.2 Å². The van der Waals surface area contributed by atoms with Gasteiger partial charge < -0.3 is 20.2 Å². The topological polar surface area (TPSA) is 106 Å². The molecule has 6 heteroatoms. The van der Waals surface area contributed by atoms with Gasteiger partial charge in [0.2, 0.25) is 0 Å². The number of hydrogen-bond donors (Lipinski definition) is 4. The number of nitrogens with one attached hydrogen (secondary N) is 2. The highest BCUT2D eigenvalue weighted by Crippen LogP contribution is 2.26. The monoisotopic (exact) mass is 236 g/mol. The molecule has 4 N–H and O–H groups in total. The first-order valence-corrected chi connectivity index (χ1v) is 5.15. The number of aliphatic carboxylic acids is 1. The fourth-order valence-electron chi connectivity index (χ4n) is 1.77. The number of carbonyl (C=O) groups is 1. The largest absolute Gasteiger partial charge is 0.479 e. The summed E-state index contributed by atoms with van der Waals surface area (Å²) in [7, 11) is 0. The van der Waals surface area contributed by atoms with Crippen molar-refractivity contribution in [3.8, 4) is 0 Å². The highest BCUT2D eigenvalue weighted by atomic mass is 16.4. The lowest BCUT2D eigenvalue weighted by molar-refractivity contribution is -0.160. The summed E-state index contributed by atoms with van der Waals surface area (Å²) in [6.45, 7) is 1.58. The van der Waals surface area contributed by atoms with Crippen LogP contribution in [0.1, 0.15) is 18.9 Å². The van der Waals surface area contributed by atoms with Gasteiger partial charge in [-0.2, -0.15) is 0 Å². The first-order chi connectivity index (χ1) is 7.97. The standard InChI is InChI=1S/C11H12N2O4/c1-2-11(17,9(14)15)6-3-4-7-8(5-6)13-10(16)12-7/h3-5,17H,2H2,1H3,(H,14,15)(H2,12,13,16). The van der Waals surface area contributed by atoms with Crippen molar-refractivity contribution in [3.63, 3.8) is 0 Å². The second kappa shape index (κ2) is 3.74. The fourth-order valence-corrected chi connectivity index (χ4v) is 1.77. The number of imidazole rings is 1. The number of carboxylic acids is 1. The van der Waals surface area contributed by atoms with Crippen LogP contribution in [-0.2, 0) is 10.4 Å². The van der Waals surface area contributed by atoms with E-state index in [2.05, 4.69) is 9.97 Å². The number of hydrogen-bond acceptors (Lipinski definition) is 3. The molecule has 0 aliphatic carbocycles. The van der Waals surface area contributed by atoms with Gasteiger partial charge in [-0.05, 0) is 24.1 Å². The molecule has 2 aromatic rings. The summed E-state index contributed by atoms with van der Waals surface area (Å²) in [4.78, 5) is 27.2. The Morgan fingerprint density at radius 1 is 1.35 bits per heavy atom. The summed E-state index contributed by atoms with van der Waals surface area (Å²) in [5.41, 5.74) is -1.01. The highest BCUT2D eigenvalue weighted by molar-refractivity contribution is 5.82. The van der Waals surface area contributed by atoms with Gasteiger partial charge in [0.1, 0.15) is 0 Å². The van der Waals surface area contributed by atoms with Crippen LogP contribution in [0.15, 0.2) is 23.0 Å². The molecule has 0 fully saturated rings. The van der Waals surface area contributed by atoms with Crippen molar-refractivity contribution in [1.29, 1.82) is 0 Å². The Bertz CT molecular complexity index is 628. The van der Waals surface area contributed by atoms with Gasteiger partial charge in [-0.3, -0.25) is 0 Å². The van der Waals surface area contributed by atoms with E-state index in [1.807, 2.05) is 0 Å². The molecule has 1 heterocycles. The van der Waals surface area contributed by atoms with Gasteiger partial charge in [-0.25, -0.2) is 9.59 Å². The van der Waals surface area contributed by atoms with Crippen molar-refractivity contribution in [2.75, 3.05) is 0 Å². The van der Waals surface area contributed by atoms with E-state index >= 15 is 0 Å². The molecule has 1 aromatic carbocycles. The Hall–Kier alpha value is -2.08. The van der Waals surface area contributed by atoms with Crippen molar-refractivity contribution in [2.45, 2.75) is 18.9 Å². The van der Waals surface area contributed by atoms with Gasteiger partial charge in [0, 0.05) is 0 Å². The molecular weight excluding hydrogens is 224 g/mol. The maximum Gasteiger partial charge on any atom is 0.340 e. The smallest absolute Gasteiger partial charge is 0.340 e. The second-order valence-corrected chi connectivity index (χ2v) is 3.86. The third kappa shape index (κ3) is 1.72. The van der Waals surface area contributed by atoms with Crippen LogP contribution in [0.2, 0.25) is 0 Å². The number of carboxylic acid groups (broad SMARTS) is 1. The molecule has 0 saturated heterocycles. The van der Waals surface area contributed by atoms with Crippen LogP contribution < -0.4 is 5.69 Å². The molecule has 0 aliphatic rings. The summed E-state index contributed by atoms with van der Waals surface area (Å²) in [6, 6.07) is 4.51. The number of fused-ring (bicyclic) bond motifs is 1. The predicted octanol–water partition coefficient (Wildman–Crippen LogP) is 0.538. The third-order valence-electron chi connectivity index (χ3n) is 2.86. The zero-order valence-electron chi connectivity index (χ0n) is 9.15. The molecule has 0 radical (unpaired) electrons. The first kappa shape index (κ1) is 11.4. The van der Waals surface area contributed by atoms with Gasteiger partial charge in [-0.15, -0.1) is 0 Å².